The summed E-state index contributed by atoms with van der Waals surface area (Å²) in [4.78, 5) is 18.3. The van der Waals surface area contributed by atoms with Gasteiger partial charge in [-0.25, -0.2) is 9.67 Å². The van der Waals surface area contributed by atoms with Gasteiger partial charge < -0.3 is 15.4 Å². The van der Waals surface area contributed by atoms with Gasteiger partial charge in [0, 0.05) is 30.6 Å². The van der Waals surface area contributed by atoms with Gasteiger partial charge >= 0.3 is 0 Å². The lowest BCUT2D eigenvalue weighted by Crippen LogP contribution is -2.38. The van der Waals surface area contributed by atoms with E-state index in [0.29, 0.717) is 12.4 Å². The first-order valence-corrected chi connectivity index (χ1v) is 11.0. The van der Waals surface area contributed by atoms with Crippen molar-refractivity contribution in [3.05, 3.63) is 85.2 Å². The van der Waals surface area contributed by atoms with Crippen LogP contribution in [-0.4, -0.2) is 38.7 Å². The fourth-order valence-electron chi connectivity index (χ4n) is 4.41. The number of rotatable bonds is 5. The first-order valence-electron chi connectivity index (χ1n) is 11.0. The van der Waals surface area contributed by atoms with Gasteiger partial charge in [0.2, 0.25) is 5.91 Å². The van der Waals surface area contributed by atoms with Crippen molar-refractivity contribution in [2.45, 2.75) is 18.8 Å². The van der Waals surface area contributed by atoms with E-state index in [1.807, 2.05) is 70.2 Å². The van der Waals surface area contributed by atoms with Gasteiger partial charge in [-0.05, 0) is 61.4 Å². The highest BCUT2D eigenvalue weighted by Crippen LogP contribution is 2.34. The quantitative estimate of drug-likeness (QED) is 0.456. The molecule has 7 heteroatoms. The first kappa shape index (κ1) is 20.8. The number of nitrogen functional groups attached to an aromatic ring is 1. The van der Waals surface area contributed by atoms with E-state index in [4.69, 9.17) is 15.6 Å². The lowest BCUT2D eigenvalue weighted by molar-refractivity contribution is -0.127. The molecule has 1 fully saturated rings. The van der Waals surface area contributed by atoms with Crippen LogP contribution in [-0.2, 0) is 4.79 Å². The second-order valence-corrected chi connectivity index (χ2v) is 8.13. The Bertz CT molecular complexity index is 1300. The average molecular weight is 440 g/mol. The van der Waals surface area contributed by atoms with E-state index in [1.54, 1.807) is 6.20 Å². The molecule has 2 N–H and O–H groups in total. The Balaban J connectivity index is 1.50. The molecule has 166 valence electrons. The number of hydrogen-bond acceptors (Lipinski definition) is 5. The number of likely N-dealkylation sites (tertiary alicyclic amines) is 1. The van der Waals surface area contributed by atoms with Crippen molar-refractivity contribution in [3.8, 4) is 17.2 Å². The number of carbonyl (C=O) groups excluding carboxylic acids is 1. The number of benzene rings is 2. The number of fused-ring (bicyclic) bond motifs is 1. The molecule has 2 aromatic carbocycles. The highest BCUT2D eigenvalue weighted by Gasteiger charge is 2.28. The molecule has 0 bridgehead atoms. The highest BCUT2D eigenvalue weighted by molar-refractivity contribution is 5.91. The zero-order chi connectivity index (χ0) is 22.8. The molecule has 1 aliphatic rings. The number of nitrogens with two attached hydrogens (primary N) is 1. The van der Waals surface area contributed by atoms with Crippen molar-refractivity contribution in [3.63, 3.8) is 0 Å². The van der Waals surface area contributed by atoms with Gasteiger partial charge in [-0.1, -0.05) is 24.8 Å². The molecule has 0 spiro atoms. The van der Waals surface area contributed by atoms with Gasteiger partial charge in [0.05, 0.1) is 11.4 Å². The first-order chi connectivity index (χ1) is 16.1. The molecule has 33 heavy (non-hydrogen) atoms. The van der Waals surface area contributed by atoms with Crippen LogP contribution in [0.4, 0.5) is 5.82 Å². The van der Waals surface area contributed by atoms with Crippen molar-refractivity contribution < 1.29 is 9.53 Å². The fraction of sp³-hybridized carbons (Fsp3) is 0.192. The van der Waals surface area contributed by atoms with Crippen molar-refractivity contribution in [2.75, 3.05) is 18.8 Å². The van der Waals surface area contributed by atoms with E-state index in [0.717, 1.165) is 53.2 Å². The summed E-state index contributed by atoms with van der Waals surface area (Å²) in [6.07, 6.45) is 4.96. The number of aromatic nitrogens is 3. The summed E-state index contributed by atoms with van der Waals surface area (Å²) in [6, 6.07) is 19.3. The molecule has 0 radical (unpaired) electrons. The Kier molecular flexibility index (Phi) is 5.52. The lowest BCUT2D eigenvalue weighted by Gasteiger charge is -2.31. The third-order valence-electron chi connectivity index (χ3n) is 6.00. The van der Waals surface area contributed by atoms with E-state index < -0.39 is 0 Å². The standard InChI is InChI=1S/C26H25N5O2/c1-2-23(32)30-16-6-7-18(17-30)24-22-14-15-28-26(27)25(22)31(29-24)19-10-12-21(13-11-19)33-20-8-4-3-5-9-20/h2-5,8-15,18H,1,6-7,16-17H2,(H2,27,28)/t18-/m1/s1. The second-order valence-electron chi connectivity index (χ2n) is 8.13. The van der Waals surface area contributed by atoms with Gasteiger partial charge in [-0.2, -0.15) is 5.10 Å². The minimum atomic E-state index is -0.0429. The smallest absolute Gasteiger partial charge is 0.245 e. The summed E-state index contributed by atoms with van der Waals surface area (Å²) in [6.45, 7) is 4.98. The van der Waals surface area contributed by atoms with Crippen molar-refractivity contribution in [1.82, 2.24) is 19.7 Å². The molecular weight excluding hydrogens is 414 g/mol. The molecule has 4 aromatic rings. The number of amides is 1. The van der Waals surface area contributed by atoms with Crippen molar-refractivity contribution in [2.24, 2.45) is 0 Å². The molecule has 2 aromatic heterocycles. The summed E-state index contributed by atoms with van der Waals surface area (Å²) in [5.41, 5.74) is 8.86. The molecule has 1 aliphatic heterocycles. The Morgan fingerprint density at radius 3 is 2.61 bits per heavy atom. The van der Waals surface area contributed by atoms with E-state index in [9.17, 15) is 4.79 Å². The molecule has 5 rings (SSSR count). The molecular formula is C26H25N5O2. The SMILES string of the molecule is C=CC(=O)N1CCC[C@@H](c2nn(-c3ccc(Oc4ccccc4)cc3)c3c(N)nccc23)C1. The summed E-state index contributed by atoms with van der Waals surface area (Å²) in [7, 11) is 0. The largest absolute Gasteiger partial charge is 0.457 e. The number of para-hydroxylation sites is 1. The Morgan fingerprint density at radius 1 is 1.09 bits per heavy atom. The summed E-state index contributed by atoms with van der Waals surface area (Å²) in [5.74, 6) is 2.01. The van der Waals surface area contributed by atoms with E-state index in [2.05, 4.69) is 11.6 Å². The molecule has 3 heterocycles. The number of pyridine rings is 1. The van der Waals surface area contributed by atoms with Crippen molar-refractivity contribution in [1.29, 1.82) is 0 Å². The third kappa shape index (κ3) is 4.05. The van der Waals surface area contributed by atoms with Crippen LogP contribution in [0.1, 0.15) is 24.5 Å². The average Bonchev–Trinajstić information content (AvgIpc) is 3.26. The molecule has 7 nitrogen and oxygen atoms in total. The van der Waals surface area contributed by atoms with Gasteiger partial charge in [-0.3, -0.25) is 4.79 Å². The Labute approximate surface area is 192 Å². The molecule has 1 atom stereocenters. The zero-order valence-corrected chi connectivity index (χ0v) is 18.2. The van der Waals surface area contributed by atoms with Gasteiger partial charge in [0.1, 0.15) is 22.8 Å². The van der Waals surface area contributed by atoms with E-state index in [1.165, 1.54) is 6.08 Å². The minimum absolute atomic E-state index is 0.0429. The van der Waals surface area contributed by atoms with Gasteiger partial charge in [0.25, 0.3) is 0 Å². The van der Waals surface area contributed by atoms with Crippen LogP contribution in [0.15, 0.2) is 79.5 Å². The molecule has 0 saturated carbocycles. The number of nitrogens with zero attached hydrogens (tertiary/aromatic N) is 4. The predicted octanol–water partition coefficient (Wildman–Crippen LogP) is 4.69. The molecule has 0 aliphatic carbocycles. The van der Waals surface area contributed by atoms with Crippen LogP contribution in [0.2, 0.25) is 0 Å². The topological polar surface area (TPSA) is 86.3 Å². The van der Waals surface area contributed by atoms with Crippen LogP contribution < -0.4 is 10.5 Å². The monoisotopic (exact) mass is 439 g/mol. The minimum Gasteiger partial charge on any atom is -0.457 e. The Hall–Kier alpha value is -4.13. The van der Waals surface area contributed by atoms with Crippen LogP contribution in [0.3, 0.4) is 0 Å². The maximum absolute atomic E-state index is 12.2. The fourth-order valence-corrected chi connectivity index (χ4v) is 4.41. The molecule has 1 amide bonds. The van der Waals surface area contributed by atoms with Crippen LogP contribution in [0, 0.1) is 0 Å². The van der Waals surface area contributed by atoms with E-state index in [-0.39, 0.29) is 11.8 Å². The summed E-state index contributed by atoms with van der Waals surface area (Å²) < 4.78 is 7.75. The van der Waals surface area contributed by atoms with Gasteiger partial charge in [-0.15, -0.1) is 0 Å². The summed E-state index contributed by atoms with van der Waals surface area (Å²) >= 11 is 0. The number of piperidine rings is 1. The number of hydrogen-bond donors (Lipinski definition) is 1. The normalized spacial score (nSPS) is 16.0. The number of anilines is 1. The lowest BCUT2D eigenvalue weighted by atomic mass is 9.93. The predicted molar refractivity (Wildman–Crippen MR) is 129 cm³/mol. The van der Waals surface area contributed by atoms with Crippen LogP contribution >= 0.6 is 0 Å². The maximum Gasteiger partial charge on any atom is 0.245 e. The highest BCUT2D eigenvalue weighted by atomic mass is 16.5. The zero-order valence-electron chi connectivity index (χ0n) is 18.2. The molecule has 0 unspecified atom stereocenters. The van der Waals surface area contributed by atoms with Gasteiger partial charge in [0.15, 0.2) is 0 Å². The van der Waals surface area contributed by atoms with E-state index >= 15 is 0 Å². The molecule has 1 saturated heterocycles. The number of carbonyl (C=O) groups is 1. The summed E-state index contributed by atoms with van der Waals surface area (Å²) in [5, 5.41) is 5.93. The second kappa shape index (κ2) is 8.78. The number of ether oxygens (including phenoxy) is 1. The Morgan fingerprint density at radius 2 is 1.85 bits per heavy atom. The van der Waals surface area contributed by atoms with Crippen LogP contribution in [0.25, 0.3) is 16.6 Å². The van der Waals surface area contributed by atoms with Crippen molar-refractivity contribution >= 4 is 22.6 Å². The van der Waals surface area contributed by atoms with Crippen LogP contribution in [0.5, 0.6) is 11.5 Å². The third-order valence-corrected chi connectivity index (χ3v) is 6.00. The maximum atomic E-state index is 12.2.